The van der Waals surface area contributed by atoms with E-state index in [1.165, 1.54) is 7.11 Å². The molecule has 1 N–H and O–H groups in total. The van der Waals surface area contributed by atoms with E-state index in [1.807, 2.05) is 31.4 Å². The highest BCUT2D eigenvalue weighted by atomic mass is 16.6. The van der Waals surface area contributed by atoms with Crippen LogP contribution in [0.25, 0.3) is 5.78 Å². The molecule has 28 heavy (non-hydrogen) atoms. The van der Waals surface area contributed by atoms with Crippen LogP contribution in [0.5, 0.6) is 0 Å². The minimum atomic E-state index is -0.521. The molecule has 0 aliphatic carbocycles. The second-order valence-electron chi connectivity index (χ2n) is 7.94. The summed E-state index contributed by atoms with van der Waals surface area (Å²) in [4.78, 5) is 34.6. The second-order valence-corrected chi connectivity index (χ2v) is 7.94. The Morgan fingerprint density at radius 2 is 2.14 bits per heavy atom. The minimum Gasteiger partial charge on any atom is -0.464 e. The quantitative estimate of drug-likeness (QED) is 0.799. The second kappa shape index (κ2) is 8.14. The van der Waals surface area contributed by atoms with Crippen molar-refractivity contribution in [3.05, 3.63) is 29.8 Å². The van der Waals surface area contributed by atoms with Crippen molar-refractivity contribution >= 4 is 17.8 Å². The van der Waals surface area contributed by atoms with Gasteiger partial charge in [-0.1, -0.05) is 0 Å². The number of esters is 1. The van der Waals surface area contributed by atoms with Crippen LogP contribution in [0, 0.1) is 0 Å². The predicted molar refractivity (Wildman–Crippen MR) is 102 cm³/mol. The van der Waals surface area contributed by atoms with Crippen molar-refractivity contribution in [3.63, 3.8) is 0 Å². The van der Waals surface area contributed by atoms with Crippen molar-refractivity contribution in [1.82, 2.24) is 24.6 Å². The third kappa shape index (κ3) is 4.98. The molecule has 0 bridgehead atoms. The van der Waals surface area contributed by atoms with Gasteiger partial charge in [-0.3, -0.25) is 9.30 Å². The zero-order chi connectivity index (χ0) is 20.3. The maximum absolute atomic E-state index is 12.1. The minimum absolute atomic E-state index is 0.0174. The number of fused-ring (bicyclic) bond motifs is 1. The van der Waals surface area contributed by atoms with E-state index in [2.05, 4.69) is 20.2 Å². The molecule has 1 aliphatic rings. The van der Waals surface area contributed by atoms with Crippen LogP contribution in [0.2, 0.25) is 0 Å². The summed E-state index contributed by atoms with van der Waals surface area (Å²) in [5.74, 6) is -0.0341. The molecule has 152 valence electrons. The molecule has 0 unspecified atom stereocenters. The highest BCUT2D eigenvalue weighted by Crippen LogP contribution is 2.17. The first-order chi connectivity index (χ1) is 13.2. The van der Waals surface area contributed by atoms with Gasteiger partial charge < -0.3 is 14.8 Å². The summed E-state index contributed by atoms with van der Waals surface area (Å²) in [5, 5.41) is 2.95. The number of ether oxygens (including phenoxy) is 2. The summed E-state index contributed by atoms with van der Waals surface area (Å²) >= 11 is 0. The SMILES string of the molecule is COC(=O)c1cc(CN2CCC[C@@H](NC(=O)OC(C)(C)C)C2)n2ccnc2n1. The summed E-state index contributed by atoms with van der Waals surface area (Å²) in [6, 6.07) is 1.75. The van der Waals surface area contributed by atoms with Gasteiger partial charge in [0.15, 0.2) is 5.69 Å². The first kappa shape index (κ1) is 20.1. The number of alkyl carbamates (subject to hydrolysis) is 1. The molecule has 0 radical (unpaired) electrons. The van der Waals surface area contributed by atoms with Crippen LogP contribution in [0.4, 0.5) is 4.79 Å². The zero-order valence-corrected chi connectivity index (χ0v) is 16.8. The van der Waals surface area contributed by atoms with Gasteiger partial charge >= 0.3 is 12.1 Å². The fourth-order valence-corrected chi connectivity index (χ4v) is 3.32. The van der Waals surface area contributed by atoms with E-state index < -0.39 is 17.7 Å². The lowest BCUT2D eigenvalue weighted by molar-refractivity contribution is 0.0468. The van der Waals surface area contributed by atoms with Gasteiger partial charge in [0.2, 0.25) is 5.78 Å². The van der Waals surface area contributed by atoms with Crippen LogP contribution < -0.4 is 5.32 Å². The number of aromatic nitrogens is 3. The highest BCUT2D eigenvalue weighted by molar-refractivity contribution is 5.87. The first-order valence-corrected chi connectivity index (χ1v) is 9.38. The van der Waals surface area contributed by atoms with Crippen LogP contribution in [0.15, 0.2) is 18.5 Å². The number of imidazole rings is 1. The number of carbonyl (C=O) groups is 2. The molecule has 0 aromatic carbocycles. The number of hydrogen-bond donors (Lipinski definition) is 1. The van der Waals surface area contributed by atoms with E-state index in [0.717, 1.165) is 25.1 Å². The standard InChI is InChI=1S/C19H27N5O4/c1-19(2,3)28-18(26)21-13-6-5-8-23(11-13)12-14-10-15(16(25)27-4)22-17-20-7-9-24(14)17/h7,9-10,13H,5-6,8,11-12H2,1-4H3,(H,21,26)/t13-/m1/s1. The Morgan fingerprint density at radius 1 is 1.36 bits per heavy atom. The van der Waals surface area contributed by atoms with Crippen LogP contribution in [-0.4, -0.2) is 63.2 Å². The van der Waals surface area contributed by atoms with Gasteiger partial charge in [-0.15, -0.1) is 0 Å². The predicted octanol–water partition coefficient (Wildman–Crippen LogP) is 2.00. The molecule has 1 saturated heterocycles. The Morgan fingerprint density at radius 3 is 2.86 bits per heavy atom. The third-order valence-electron chi connectivity index (χ3n) is 4.46. The number of nitrogens with one attached hydrogen (secondary N) is 1. The van der Waals surface area contributed by atoms with Crippen LogP contribution >= 0.6 is 0 Å². The number of rotatable bonds is 4. The van der Waals surface area contributed by atoms with Crippen LogP contribution in [0.1, 0.15) is 49.8 Å². The number of hydrogen-bond acceptors (Lipinski definition) is 7. The first-order valence-electron chi connectivity index (χ1n) is 9.38. The van der Waals surface area contributed by atoms with Gasteiger partial charge in [0.05, 0.1) is 7.11 Å². The van der Waals surface area contributed by atoms with Crippen molar-refractivity contribution < 1.29 is 19.1 Å². The van der Waals surface area contributed by atoms with Gasteiger partial charge in [0.25, 0.3) is 0 Å². The molecule has 2 aromatic heterocycles. The number of nitrogens with zero attached hydrogens (tertiary/aromatic N) is 4. The molecule has 9 nitrogen and oxygen atoms in total. The zero-order valence-electron chi connectivity index (χ0n) is 16.8. The van der Waals surface area contributed by atoms with E-state index >= 15 is 0 Å². The number of methoxy groups -OCH3 is 1. The number of likely N-dealkylation sites (tertiary alicyclic amines) is 1. The van der Waals surface area contributed by atoms with Crippen molar-refractivity contribution in [2.45, 2.75) is 51.8 Å². The smallest absolute Gasteiger partial charge is 0.407 e. The maximum atomic E-state index is 12.1. The molecule has 1 atom stereocenters. The van der Waals surface area contributed by atoms with Crippen molar-refractivity contribution in [2.75, 3.05) is 20.2 Å². The summed E-state index contributed by atoms with van der Waals surface area (Å²) in [5.41, 5.74) is 0.602. The van der Waals surface area contributed by atoms with Crippen molar-refractivity contribution in [1.29, 1.82) is 0 Å². The molecule has 3 rings (SSSR count). The van der Waals surface area contributed by atoms with Crippen LogP contribution in [0.3, 0.4) is 0 Å². The Balaban J connectivity index is 1.70. The normalized spacial score (nSPS) is 18.1. The van der Waals surface area contributed by atoms with E-state index in [0.29, 0.717) is 18.9 Å². The summed E-state index contributed by atoms with van der Waals surface area (Å²) in [6.07, 6.45) is 4.94. The van der Waals surface area contributed by atoms with Gasteiger partial charge in [-0.2, -0.15) is 0 Å². The number of piperidine rings is 1. The van der Waals surface area contributed by atoms with Gasteiger partial charge in [-0.25, -0.2) is 19.6 Å². The van der Waals surface area contributed by atoms with E-state index in [9.17, 15) is 9.59 Å². The largest absolute Gasteiger partial charge is 0.464 e. The Labute approximate surface area is 164 Å². The van der Waals surface area contributed by atoms with Gasteiger partial charge in [-0.05, 0) is 46.2 Å². The highest BCUT2D eigenvalue weighted by Gasteiger charge is 2.25. The molecular weight excluding hydrogens is 362 g/mol. The monoisotopic (exact) mass is 389 g/mol. The fraction of sp³-hybridized carbons (Fsp3) is 0.579. The van der Waals surface area contributed by atoms with Crippen molar-refractivity contribution in [3.8, 4) is 0 Å². The molecule has 1 fully saturated rings. The summed E-state index contributed by atoms with van der Waals surface area (Å²) in [7, 11) is 1.33. The average Bonchev–Trinajstić information content (AvgIpc) is 3.08. The Hall–Kier alpha value is -2.68. The molecule has 0 saturated carbocycles. The average molecular weight is 389 g/mol. The Kier molecular flexibility index (Phi) is 5.83. The van der Waals surface area contributed by atoms with Crippen molar-refractivity contribution in [2.24, 2.45) is 0 Å². The van der Waals surface area contributed by atoms with Crippen LogP contribution in [-0.2, 0) is 16.0 Å². The molecular formula is C19H27N5O4. The fourth-order valence-electron chi connectivity index (χ4n) is 3.32. The molecule has 3 heterocycles. The number of amides is 1. The van der Waals surface area contributed by atoms with E-state index in [4.69, 9.17) is 9.47 Å². The Bertz CT molecular complexity index is 858. The molecule has 1 amide bonds. The lowest BCUT2D eigenvalue weighted by Crippen LogP contribution is -2.48. The molecule has 2 aromatic rings. The van der Waals surface area contributed by atoms with Gasteiger partial charge in [0, 0.05) is 37.2 Å². The summed E-state index contributed by atoms with van der Waals surface area (Å²) in [6.45, 7) is 7.74. The molecule has 0 spiro atoms. The van der Waals surface area contributed by atoms with E-state index in [1.54, 1.807) is 12.3 Å². The maximum Gasteiger partial charge on any atom is 0.407 e. The molecule has 9 heteroatoms. The lowest BCUT2D eigenvalue weighted by atomic mass is 10.1. The molecule has 1 aliphatic heterocycles. The topological polar surface area (TPSA) is 98.1 Å². The van der Waals surface area contributed by atoms with Gasteiger partial charge in [0.1, 0.15) is 5.60 Å². The van der Waals surface area contributed by atoms with E-state index in [-0.39, 0.29) is 11.7 Å². The third-order valence-corrected chi connectivity index (χ3v) is 4.46. The number of carbonyl (C=O) groups excluding carboxylic acids is 2. The summed E-state index contributed by atoms with van der Waals surface area (Å²) < 4.78 is 12.0. The lowest BCUT2D eigenvalue weighted by Gasteiger charge is -2.33.